The van der Waals surface area contributed by atoms with Gasteiger partial charge in [0.05, 0.1) is 25.5 Å². The van der Waals surface area contributed by atoms with Gasteiger partial charge in [-0.3, -0.25) is 19.3 Å². The molecular weight excluding hydrogens is 400 g/mol. The van der Waals surface area contributed by atoms with Gasteiger partial charge >= 0.3 is 0 Å². The number of para-hydroxylation sites is 1. The van der Waals surface area contributed by atoms with E-state index in [1.54, 1.807) is 23.3 Å². The molecule has 1 saturated heterocycles. The van der Waals surface area contributed by atoms with Gasteiger partial charge in [0.25, 0.3) is 0 Å². The lowest BCUT2D eigenvalue weighted by Gasteiger charge is -2.25. The second-order valence-corrected chi connectivity index (χ2v) is 8.59. The van der Waals surface area contributed by atoms with Crippen LogP contribution in [0, 0.1) is 11.8 Å². The topological polar surface area (TPSA) is 66.9 Å². The normalized spacial score (nSPS) is 20.4. The van der Waals surface area contributed by atoms with E-state index in [1.165, 1.54) is 0 Å². The van der Waals surface area contributed by atoms with Gasteiger partial charge in [-0.05, 0) is 30.4 Å². The molecule has 0 radical (unpaired) electrons. The summed E-state index contributed by atoms with van der Waals surface area (Å²) in [6.45, 7) is 0.537. The standard InChI is InChI=1S/C23H24N2O4S/c1-29-20-11-5-2-7-16(20)13-24(14-17-8-6-12-30-17)21(26)15-25-22(27)18-9-3-4-10-19(18)23(25)28/h2-8,11-12,18-19H,9-10,13-15H2,1H3. The van der Waals surface area contributed by atoms with Gasteiger partial charge in [0.1, 0.15) is 12.3 Å². The van der Waals surface area contributed by atoms with Gasteiger partial charge in [-0.1, -0.05) is 36.4 Å². The van der Waals surface area contributed by atoms with Crippen LogP contribution in [-0.2, 0) is 27.5 Å². The minimum atomic E-state index is -0.324. The third-order valence-corrected chi connectivity index (χ3v) is 6.59. The van der Waals surface area contributed by atoms with Crippen LogP contribution in [0.15, 0.2) is 53.9 Å². The molecule has 156 valence electrons. The Bertz CT molecular complexity index is 943. The van der Waals surface area contributed by atoms with Crippen molar-refractivity contribution in [3.63, 3.8) is 0 Å². The van der Waals surface area contributed by atoms with E-state index in [1.807, 2.05) is 53.9 Å². The van der Waals surface area contributed by atoms with Crippen molar-refractivity contribution in [3.8, 4) is 5.75 Å². The molecule has 30 heavy (non-hydrogen) atoms. The lowest BCUT2D eigenvalue weighted by Crippen LogP contribution is -2.42. The lowest BCUT2D eigenvalue weighted by atomic mass is 9.85. The van der Waals surface area contributed by atoms with E-state index in [-0.39, 0.29) is 36.1 Å². The molecule has 2 atom stereocenters. The van der Waals surface area contributed by atoms with Crippen molar-refractivity contribution in [2.24, 2.45) is 11.8 Å². The Morgan fingerprint density at radius 1 is 1.07 bits per heavy atom. The first kappa shape index (κ1) is 20.3. The zero-order chi connectivity index (χ0) is 21.1. The summed E-state index contributed by atoms with van der Waals surface area (Å²) in [5.74, 6) is -0.646. The van der Waals surface area contributed by atoms with Crippen molar-refractivity contribution in [2.75, 3.05) is 13.7 Å². The zero-order valence-electron chi connectivity index (χ0n) is 16.8. The van der Waals surface area contributed by atoms with E-state index in [9.17, 15) is 14.4 Å². The van der Waals surface area contributed by atoms with E-state index >= 15 is 0 Å². The minimum absolute atomic E-state index is 0.217. The first-order chi connectivity index (χ1) is 14.6. The SMILES string of the molecule is COc1ccccc1CN(Cc1cccs1)C(=O)CN1C(=O)C2CC=CCC2C1=O. The number of methoxy groups -OCH3 is 1. The Morgan fingerprint density at radius 3 is 2.40 bits per heavy atom. The Kier molecular flexibility index (Phi) is 5.99. The molecule has 0 spiro atoms. The van der Waals surface area contributed by atoms with E-state index in [0.29, 0.717) is 31.7 Å². The number of likely N-dealkylation sites (tertiary alicyclic amines) is 1. The average Bonchev–Trinajstić information content (AvgIpc) is 3.36. The summed E-state index contributed by atoms with van der Waals surface area (Å²) < 4.78 is 5.43. The monoisotopic (exact) mass is 424 g/mol. The number of fused-ring (bicyclic) bond motifs is 1. The van der Waals surface area contributed by atoms with Crippen molar-refractivity contribution in [3.05, 3.63) is 64.4 Å². The van der Waals surface area contributed by atoms with Crippen LogP contribution in [0.2, 0.25) is 0 Å². The van der Waals surface area contributed by atoms with Crippen LogP contribution in [0.4, 0.5) is 0 Å². The smallest absolute Gasteiger partial charge is 0.243 e. The largest absolute Gasteiger partial charge is 0.496 e. The van der Waals surface area contributed by atoms with Gasteiger partial charge in [0, 0.05) is 17.0 Å². The molecular formula is C23H24N2O4S. The molecule has 0 N–H and O–H groups in total. The van der Waals surface area contributed by atoms with Crippen molar-refractivity contribution in [1.82, 2.24) is 9.80 Å². The van der Waals surface area contributed by atoms with Gasteiger partial charge in [-0.2, -0.15) is 0 Å². The molecule has 1 aliphatic heterocycles. The van der Waals surface area contributed by atoms with Crippen molar-refractivity contribution < 1.29 is 19.1 Å². The first-order valence-corrected chi connectivity index (χ1v) is 10.9. The number of carbonyl (C=O) groups is 3. The van der Waals surface area contributed by atoms with Crippen molar-refractivity contribution in [2.45, 2.75) is 25.9 Å². The molecule has 0 bridgehead atoms. The van der Waals surface area contributed by atoms with Crippen LogP contribution < -0.4 is 4.74 Å². The molecule has 0 saturated carbocycles. The maximum atomic E-state index is 13.3. The van der Waals surface area contributed by atoms with E-state index in [2.05, 4.69) is 0 Å². The number of benzene rings is 1. The highest BCUT2D eigenvalue weighted by Crippen LogP contribution is 2.35. The maximum absolute atomic E-state index is 13.3. The number of rotatable bonds is 7. The molecule has 6 nitrogen and oxygen atoms in total. The van der Waals surface area contributed by atoms with Crippen LogP contribution in [0.5, 0.6) is 5.75 Å². The third kappa shape index (κ3) is 4.03. The molecule has 1 fully saturated rings. The summed E-state index contributed by atoms with van der Waals surface area (Å²) in [5.41, 5.74) is 0.877. The van der Waals surface area contributed by atoms with Crippen LogP contribution in [-0.4, -0.2) is 41.2 Å². The number of allylic oxidation sites excluding steroid dienone is 2. The number of nitrogens with zero attached hydrogens (tertiary/aromatic N) is 2. The summed E-state index contributed by atoms with van der Waals surface area (Å²) in [6.07, 6.45) is 5.03. The highest BCUT2D eigenvalue weighted by Gasteiger charge is 2.47. The molecule has 3 amide bonds. The van der Waals surface area contributed by atoms with Gasteiger partial charge in [0.15, 0.2) is 0 Å². The number of imide groups is 1. The summed E-state index contributed by atoms with van der Waals surface area (Å²) in [4.78, 5) is 42.7. The van der Waals surface area contributed by atoms with Gasteiger partial charge in [-0.25, -0.2) is 0 Å². The van der Waals surface area contributed by atoms with E-state index < -0.39 is 0 Å². The second-order valence-electron chi connectivity index (χ2n) is 7.56. The summed E-state index contributed by atoms with van der Waals surface area (Å²) >= 11 is 1.57. The minimum Gasteiger partial charge on any atom is -0.496 e. The number of ether oxygens (including phenoxy) is 1. The average molecular weight is 425 g/mol. The van der Waals surface area contributed by atoms with Crippen molar-refractivity contribution in [1.29, 1.82) is 0 Å². The molecule has 4 rings (SSSR count). The van der Waals surface area contributed by atoms with E-state index in [4.69, 9.17) is 4.74 Å². The molecule has 1 aromatic carbocycles. The Hall–Kier alpha value is -2.93. The fourth-order valence-corrected chi connectivity index (χ4v) is 4.84. The highest BCUT2D eigenvalue weighted by atomic mass is 32.1. The lowest BCUT2D eigenvalue weighted by molar-refractivity contribution is -0.147. The van der Waals surface area contributed by atoms with Gasteiger partial charge in [0.2, 0.25) is 17.7 Å². The van der Waals surface area contributed by atoms with Gasteiger partial charge in [-0.15, -0.1) is 11.3 Å². The fraction of sp³-hybridized carbons (Fsp3) is 0.348. The van der Waals surface area contributed by atoms with Crippen LogP contribution >= 0.6 is 11.3 Å². The number of thiophene rings is 1. The fourth-order valence-electron chi connectivity index (χ4n) is 4.12. The van der Waals surface area contributed by atoms with E-state index in [0.717, 1.165) is 15.3 Å². The predicted molar refractivity (Wildman–Crippen MR) is 114 cm³/mol. The molecule has 7 heteroatoms. The molecule has 2 aliphatic rings. The van der Waals surface area contributed by atoms with Crippen molar-refractivity contribution >= 4 is 29.1 Å². The maximum Gasteiger partial charge on any atom is 0.243 e. The first-order valence-electron chi connectivity index (χ1n) is 10.0. The quantitative estimate of drug-likeness (QED) is 0.506. The predicted octanol–water partition coefficient (Wildman–Crippen LogP) is 3.24. The molecule has 1 aliphatic carbocycles. The molecule has 2 unspecified atom stereocenters. The summed E-state index contributed by atoms with van der Waals surface area (Å²) in [7, 11) is 1.60. The van der Waals surface area contributed by atoms with Crippen LogP contribution in [0.3, 0.4) is 0 Å². The van der Waals surface area contributed by atoms with Crippen LogP contribution in [0.25, 0.3) is 0 Å². The Labute approximate surface area is 179 Å². The molecule has 2 aromatic rings. The Balaban J connectivity index is 1.53. The highest BCUT2D eigenvalue weighted by molar-refractivity contribution is 7.09. The molecule has 2 heterocycles. The number of carbonyl (C=O) groups excluding carboxylic acids is 3. The third-order valence-electron chi connectivity index (χ3n) is 5.73. The number of hydrogen-bond acceptors (Lipinski definition) is 5. The second kappa shape index (κ2) is 8.83. The summed E-state index contributed by atoms with van der Waals surface area (Å²) in [6, 6.07) is 11.5. The van der Waals surface area contributed by atoms with Gasteiger partial charge < -0.3 is 9.64 Å². The van der Waals surface area contributed by atoms with Crippen LogP contribution in [0.1, 0.15) is 23.3 Å². The molecule has 1 aromatic heterocycles. The number of hydrogen-bond donors (Lipinski definition) is 0. The zero-order valence-corrected chi connectivity index (χ0v) is 17.6. The number of amides is 3. The Morgan fingerprint density at radius 2 is 1.77 bits per heavy atom. The summed E-state index contributed by atoms with van der Waals surface area (Å²) in [5, 5.41) is 1.96.